The van der Waals surface area contributed by atoms with E-state index < -0.39 is 0 Å². The minimum absolute atomic E-state index is 0.0325. The Labute approximate surface area is 115 Å². The molecule has 1 aliphatic rings. The summed E-state index contributed by atoms with van der Waals surface area (Å²) in [7, 11) is 0. The molecule has 104 valence electrons. The van der Waals surface area contributed by atoms with Crippen LogP contribution in [0.5, 0.6) is 0 Å². The van der Waals surface area contributed by atoms with Crippen molar-refractivity contribution in [3.05, 3.63) is 35.4 Å². The van der Waals surface area contributed by atoms with Crippen molar-refractivity contribution in [3.63, 3.8) is 0 Å². The fourth-order valence-electron chi connectivity index (χ4n) is 2.90. The zero-order valence-corrected chi connectivity index (χ0v) is 11.9. The van der Waals surface area contributed by atoms with Crippen LogP contribution in [0.4, 0.5) is 0 Å². The van der Waals surface area contributed by atoms with Crippen LogP contribution in [0.15, 0.2) is 24.3 Å². The van der Waals surface area contributed by atoms with Crippen molar-refractivity contribution in [2.24, 2.45) is 11.7 Å². The molecule has 0 spiro atoms. The molecule has 0 aliphatic heterocycles. The van der Waals surface area contributed by atoms with Crippen LogP contribution in [0.1, 0.15) is 43.7 Å². The standard InChI is InChI=1S/C16H24N2O/c1-3-11(4-2)15(17)10-18-16(19)14-9-12-7-5-6-8-13(12)14/h5-8,11,14-15H,3-4,9-10,17H2,1-2H3,(H,18,19). The highest BCUT2D eigenvalue weighted by Gasteiger charge is 2.31. The number of nitrogens with one attached hydrogen (secondary N) is 1. The Balaban J connectivity index is 1.84. The number of fused-ring (bicyclic) bond motifs is 1. The van der Waals surface area contributed by atoms with Gasteiger partial charge in [0.15, 0.2) is 0 Å². The minimum atomic E-state index is 0.0325. The molecule has 0 heterocycles. The van der Waals surface area contributed by atoms with Crippen molar-refractivity contribution in [2.75, 3.05) is 6.54 Å². The van der Waals surface area contributed by atoms with Crippen molar-refractivity contribution < 1.29 is 4.79 Å². The number of hydrogen-bond donors (Lipinski definition) is 2. The van der Waals surface area contributed by atoms with Crippen LogP contribution in [0, 0.1) is 5.92 Å². The normalized spacial score (nSPS) is 18.6. The van der Waals surface area contributed by atoms with E-state index in [1.165, 1.54) is 11.1 Å². The molecular formula is C16H24N2O. The molecule has 1 aliphatic carbocycles. The van der Waals surface area contributed by atoms with Gasteiger partial charge in [-0.1, -0.05) is 51.0 Å². The van der Waals surface area contributed by atoms with E-state index in [9.17, 15) is 4.79 Å². The maximum Gasteiger partial charge on any atom is 0.227 e. The van der Waals surface area contributed by atoms with Crippen LogP contribution >= 0.6 is 0 Å². The Hall–Kier alpha value is -1.35. The van der Waals surface area contributed by atoms with E-state index in [0.717, 1.165) is 19.3 Å². The first-order chi connectivity index (χ1) is 9.17. The van der Waals surface area contributed by atoms with E-state index in [2.05, 4.69) is 25.2 Å². The highest BCUT2D eigenvalue weighted by molar-refractivity contribution is 5.86. The molecule has 0 saturated heterocycles. The van der Waals surface area contributed by atoms with Gasteiger partial charge in [-0.05, 0) is 23.5 Å². The largest absolute Gasteiger partial charge is 0.354 e. The van der Waals surface area contributed by atoms with E-state index in [4.69, 9.17) is 5.73 Å². The van der Waals surface area contributed by atoms with Gasteiger partial charge in [0.25, 0.3) is 0 Å². The van der Waals surface area contributed by atoms with Crippen LogP contribution < -0.4 is 11.1 Å². The maximum absolute atomic E-state index is 12.1. The van der Waals surface area contributed by atoms with Gasteiger partial charge in [-0.3, -0.25) is 4.79 Å². The Kier molecular flexibility index (Phi) is 4.59. The Morgan fingerprint density at radius 1 is 1.37 bits per heavy atom. The Bertz CT molecular complexity index is 440. The monoisotopic (exact) mass is 260 g/mol. The molecule has 0 bridgehead atoms. The first-order valence-electron chi connectivity index (χ1n) is 7.28. The van der Waals surface area contributed by atoms with Crippen molar-refractivity contribution in [3.8, 4) is 0 Å². The van der Waals surface area contributed by atoms with E-state index in [1.54, 1.807) is 0 Å². The second-order valence-electron chi connectivity index (χ2n) is 5.44. The molecule has 3 N–H and O–H groups in total. The zero-order valence-electron chi connectivity index (χ0n) is 11.9. The summed E-state index contributed by atoms with van der Waals surface area (Å²) in [5, 5.41) is 3.01. The number of rotatable bonds is 6. The minimum Gasteiger partial charge on any atom is -0.354 e. The molecule has 1 aromatic carbocycles. The summed E-state index contributed by atoms with van der Waals surface area (Å²) in [6, 6.07) is 8.22. The van der Waals surface area contributed by atoms with E-state index >= 15 is 0 Å². The first kappa shape index (κ1) is 14.1. The van der Waals surface area contributed by atoms with E-state index in [-0.39, 0.29) is 17.9 Å². The smallest absolute Gasteiger partial charge is 0.227 e. The predicted octanol–water partition coefficient (Wildman–Crippen LogP) is 2.21. The fourth-order valence-corrected chi connectivity index (χ4v) is 2.90. The Morgan fingerprint density at radius 2 is 2.05 bits per heavy atom. The SMILES string of the molecule is CCC(CC)C(N)CNC(=O)C1Cc2ccccc21. The first-order valence-corrected chi connectivity index (χ1v) is 7.28. The second kappa shape index (κ2) is 6.20. The van der Waals surface area contributed by atoms with Crippen LogP contribution in [0.3, 0.4) is 0 Å². The van der Waals surface area contributed by atoms with Crippen molar-refractivity contribution >= 4 is 5.91 Å². The summed E-state index contributed by atoms with van der Waals surface area (Å²) in [4.78, 5) is 12.1. The molecule has 0 aromatic heterocycles. The van der Waals surface area contributed by atoms with Gasteiger partial charge < -0.3 is 11.1 Å². The van der Waals surface area contributed by atoms with Gasteiger partial charge in [0, 0.05) is 12.6 Å². The van der Waals surface area contributed by atoms with Crippen molar-refractivity contribution in [1.82, 2.24) is 5.32 Å². The van der Waals surface area contributed by atoms with Gasteiger partial charge >= 0.3 is 0 Å². The number of amides is 1. The molecule has 19 heavy (non-hydrogen) atoms. The molecule has 2 atom stereocenters. The summed E-state index contributed by atoms with van der Waals surface area (Å²) in [5.74, 6) is 0.652. The Morgan fingerprint density at radius 3 is 2.68 bits per heavy atom. The third-order valence-electron chi connectivity index (χ3n) is 4.34. The summed E-state index contributed by atoms with van der Waals surface area (Å²) < 4.78 is 0. The van der Waals surface area contributed by atoms with E-state index in [0.29, 0.717) is 12.5 Å². The van der Waals surface area contributed by atoms with Gasteiger partial charge in [-0.15, -0.1) is 0 Å². The third-order valence-corrected chi connectivity index (χ3v) is 4.34. The summed E-state index contributed by atoms with van der Waals surface area (Å²) in [5.41, 5.74) is 8.60. The van der Waals surface area contributed by atoms with Crippen LogP contribution in [-0.4, -0.2) is 18.5 Å². The molecular weight excluding hydrogens is 236 g/mol. The second-order valence-corrected chi connectivity index (χ2v) is 5.44. The van der Waals surface area contributed by atoms with Gasteiger partial charge in [0.2, 0.25) is 5.91 Å². The predicted molar refractivity (Wildman–Crippen MR) is 77.9 cm³/mol. The average Bonchev–Trinajstić information content (AvgIpc) is 2.39. The maximum atomic E-state index is 12.1. The number of benzene rings is 1. The number of carbonyl (C=O) groups excluding carboxylic acids is 1. The number of hydrogen-bond acceptors (Lipinski definition) is 2. The lowest BCUT2D eigenvalue weighted by Gasteiger charge is -2.30. The lowest BCUT2D eigenvalue weighted by Crippen LogP contribution is -2.44. The number of nitrogens with two attached hydrogens (primary N) is 1. The van der Waals surface area contributed by atoms with Crippen LogP contribution in [0.25, 0.3) is 0 Å². The molecule has 1 aromatic rings. The summed E-state index contributed by atoms with van der Waals surface area (Å²) in [6.45, 7) is 4.89. The molecule has 3 nitrogen and oxygen atoms in total. The average molecular weight is 260 g/mol. The van der Waals surface area contributed by atoms with Crippen LogP contribution in [0.2, 0.25) is 0 Å². The molecule has 0 fully saturated rings. The van der Waals surface area contributed by atoms with Gasteiger partial charge in [-0.2, -0.15) is 0 Å². The lowest BCUT2D eigenvalue weighted by atomic mass is 9.77. The highest BCUT2D eigenvalue weighted by atomic mass is 16.1. The molecule has 2 rings (SSSR count). The zero-order chi connectivity index (χ0) is 13.8. The molecule has 3 heteroatoms. The molecule has 1 amide bonds. The molecule has 2 unspecified atom stereocenters. The van der Waals surface area contributed by atoms with Crippen LogP contribution in [-0.2, 0) is 11.2 Å². The summed E-state index contributed by atoms with van der Waals surface area (Å²) >= 11 is 0. The summed E-state index contributed by atoms with van der Waals surface area (Å²) in [6.07, 6.45) is 3.00. The fraction of sp³-hybridized carbons (Fsp3) is 0.562. The lowest BCUT2D eigenvalue weighted by molar-refractivity contribution is -0.123. The van der Waals surface area contributed by atoms with Gasteiger partial charge in [-0.25, -0.2) is 0 Å². The van der Waals surface area contributed by atoms with E-state index in [1.807, 2.05) is 18.2 Å². The quantitative estimate of drug-likeness (QED) is 0.824. The van der Waals surface area contributed by atoms with Crippen molar-refractivity contribution in [1.29, 1.82) is 0 Å². The third kappa shape index (κ3) is 2.98. The van der Waals surface area contributed by atoms with Gasteiger partial charge in [0.05, 0.1) is 5.92 Å². The highest BCUT2D eigenvalue weighted by Crippen LogP contribution is 2.34. The molecule has 0 saturated carbocycles. The topological polar surface area (TPSA) is 55.1 Å². The van der Waals surface area contributed by atoms with Gasteiger partial charge in [0.1, 0.15) is 0 Å². The molecule has 0 radical (unpaired) electrons. The van der Waals surface area contributed by atoms with Crippen molar-refractivity contribution in [2.45, 2.75) is 45.1 Å². The number of carbonyl (C=O) groups is 1.